The lowest BCUT2D eigenvalue weighted by atomic mass is 9.76. The van der Waals surface area contributed by atoms with Crippen molar-refractivity contribution in [2.75, 3.05) is 33.7 Å². The van der Waals surface area contributed by atoms with Gasteiger partial charge in [-0.05, 0) is 48.4 Å². The SMILES string of the molecule is COc1ccc(C2(SC)COc3cc(OC)ccc3C2CCCCCCO)cc1. The average Bonchev–Trinajstić information content (AvgIpc) is 2.78. The zero-order valence-electron chi connectivity index (χ0n) is 17.6. The summed E-state index contributed by atoms with van der Waals surface area (Å²) in [5.74, 6) is 2.97. The smallest absolute Gasteiger partial charge is 0.126 e. The lowest BCUT2D eigenvalue weighted by molar-refractivity contribution is 0.210. The molecule has 4 nitrogen and oxygen atoms in total. The zero-order valence-corrected chi connectivity index (χ0v) is 18.5. The predicted molar refractivity (Wildman–Crippen MR) is 120 cm³/mol. The number of thioether (sulfide) groups is 1. The summed E-state index contributed by atoms with van der Waals surface area (Å²) in [7, 11) is 3.38. The predicted octanol–water partition coefficient (Wildman–Crippen LogP) is 5.38. The van der Waals surface area contributed by atoms with E-state index in [-0.39, 0.29) is 11.4 Å². The normalized spacial score (nSPS) is 20.6. The van der Waals surface area contributed by atoms with Crippen LogP contribution in [-0.2, 0) is 4.75 Å². The van der Waals surface area contributed by atoms with E-state index in [4.69, 9.17) is 19.3 Å². The topological polar surface area (TPSA) is 47.9 Å². The van der Waals surface area contributed by atoms with Crippen molar-refractivity contribution in [1.82, 2.24) is 0 Å². The number of hydrogen-bond donors (Lipinski definition) is 1. The molecule has 0 saturated carbocycles. The van der Waals surface area contributed by atoms with Crippen LogP contribution in [0.5, 0.6) is 17.2 Å². The van der Waals surface area contributed by atoms with Crippen molar-refractivity contribution >= 4 is 11.8 Å². The van der Waals surface area contributed by atoms with E-state index in [1.807, 2.05) is 36.0 Å². The Kier molecular flexibility index (Phi) is 7.73. The Morgan fingerprint density at radius 2 is 1.69 bits per heavy atom. The molecule has 3 rings (SSSR count). The van der Waals surface area contributed by atoms with Crippen molar-refractivity contribution in [2.45, 2.75) is 42.8 Å². The van der Waals surface area contributed by atoms with E-state index < -0.39 is 0 Å². The molecule has 1 heterocycles. The van der Waals surface area contributed by atoms with Crippen LogP contribution in [0.4, 0.5) is 0 Å². The highest BCUT2D eigenvalue weighted by atomic mass is 32.2. The minimum Gasteiger partial charge on any atom is -0.497 e. The van der Waals surface area contributed by atoms with Crippen LogP contribution in [0.2, 0.25) is 0 Å². The Balaban J connectivity index is 1.95. The van der Waals surface area contributed by atoms with Gasteiger partial charge in [-0.25, -0.2) is 0 Å². The molecule has 0 bridgehead atoms. The lowest BCUT2D eigenvalue weighted by Crippen LogP contribution is -2.40. The van der Waals surface area contributed by atoms with Crippen molar-refractivity contribution in [3.05, 3.63) is 53.6 Å². The van der Waals surface area contributed by atoms with Crippen LogP contribution in [-0.4, -0.2) is 38.8 Å². The second-order valence-electron chi connectivity index (χ2n) is 7.49. The number of fused-ring (bicyclic) bond motifs is 1. The van der Waals surface area contributed by atoms with Crippen LogP contribution in [0.1, 0.15) is 49.1 Å². The molecule has 0 aliphatic carbocycles. The number of hydrogen-bond acceptors (Lipinski definition) is 5. The number of rotatable bonds is 10. The molecular weight excluding hydrogens is 384 g/mol. The number of unbranched alkanes of at least 4 members (excludes halogenated alkanes) is 3. The first-order chi connectivity index (χ1) is 14.2. The fraction of sp³-hybridized carbons (Fsp3) is 0.500. The second kappa shape index (κ2) is 10.3. The van der Waals surface area contributed by atoms with E-state index in [9.17, 15) is 0 Å². The monoisotopic (exact) mass is 416 g/mol. The highest BCUT2D eigenvalue weighted by molar-refractivity contribution is 7.99. The summed E-state index contributed by atoms with van der Waals surface area (Å²) in [6.45, 7) is 0.905. The highest BCUT2D eigenvalue weighted by Crippen LogP contribution is 2.54. The van der Waals surface area contributed by atoms with Crippen molar-refractivity contribution in [3.8, 4) is 17.2 Å². The summed E-state index contributed by atoms with van der Waals surface area (Å²) in [4.78, 5) is 0. The highest BCUT2D eigenvalue weighted by Gasteiger charge is 2.45. The number of ether oxygens (including phenoxy) is 3. The standard InChI is InChI=1S/C24H32O4S/c1-26-19-11-9-18(10-12-19)24(29-3)17-28-23-16-20(27-2)13-14-21(23)22(24)8-6-4-5-7-15-25/h9-14,16,22,25H,4-8,15,17H2,1-3H3. The van der Waals surface area contributed by atoms with Crippen molar-refractivity contribution in [1.29, 1.82) is 0 Å². The van der Waals surface area contributed by atoms with E-state index in [0.29, 0.717) is 12.5 Å². The maximum Gasteiger partial charge on any atom is 0.126 e. The Morgan fingerprint density at radius 1 is 1.00 bits per heavy atom. The van der Waals surface area contributed by atoms with Gasteiger partial charge in [0, 0.05) is 18.6 Å². The van der Waals surface area contributed by atoms with Crippen LogP contribution in [0.15, 0.2) is 42.5 Å². The molecule has 2 atom stereocenters. The number of aliphatic hydroxyl groups excluding tert-OH is 1. The van der Waals surface area contributed by atoms with Gasteiger partial charge >= 0.3 is 0 Å². The first kappa shape index (κ1) is 21.8. The van der Waals surface area contributed by atoms with Gasteiger partial charge in [0.25, 0.3) is 0 Å². The van der Waals surface area contributed by atoms with Gasteiger partial charge in [-0.1, -0.05) is 37.5 Å². The van der Waals surface area contributed by atoms with Crippen LogP contribution in [0.25, 0.3) is 0 Å². The molecule has 29 heavy (non-hydrogen) atoms. The molecule has 1 N–H and O–H groups in total. The molecule has 2 aromatic rings. The van der Waals surface area contributed by atoms with E-state index in [0.717, 1.165) is 49.4 Å². The minimum absolute atomic E-state index is 0.148. The molecule has 2 aromatic carbocycles. The molecule has 0 fully saturated rings. The molecule has 1 aliphatic rings. The number of benzene rings is 2. The van der Waals surface area contributed by atoms with Crippen LogP contribution in [0.3, 0.4) is 0 Å². The van der Waals surface area contributed by atoms with E-state index in [2.05, 4.69) is 24.5 Å². The van der Waals surface area contributed by atoms with E-state index in [1.54, 1.807) is 14.2 Å². The summed E-state index contributed by atoms with van der Waals surface area (Å²) in [6.07, 6.45) is 7.49. The van der Waals surface area contributed by atoms with Crippen LogP contribution in [0, 0.1) is 0 Å². The van der Waals surface area contributed by atoms with Gasteiger partial charge in [0.05, 0.1) is 19.0 Å². The Morgan fingerprint density at radius 3 is 2.34 bits per heavy atom. The molecule has 2 unspecified atom stereocenters. The summed E-state index contributed by atoms with van der Waals surface area (Å²) in [5.41, 5.74) is 2.53. The quantitative estimate of drug-likeness (QED) is 0.527. The van der Waals surface area contributed by atoms with Crippen LogP contribution < -0.4 is 14.2 Å². The summed E-state index contributed by atoms with van der Waals surface area (Å²) >= 11 is 1.87. The van der Waals surface area contributed by atoms with Gasteiger partial charge in [-0.2, -0.15) is 0 Å². The fourth-order valence-electron chi connectivity index (χ4n) is 4.27. The number of aliphatic hydroxyl groups is 1. The maximum absolute atomic E-state index is 9.06. The maximum atomic E-state index is 9.06. The first-order valence-electron chi connectivity index (χ1n) is 10.3. The van der Waals surface area contributed by atoms with Crippen molar-refractivity contribution in [3.63, 3.8) is 0 Å². The lowest BCUT2D eigenvalue weighted by Gasteiger charge is -2.44. The molecule has 5 heteroatoms. The van der Waals surface area contributed by atoms with Gasteiger partial charge in [-0.15, -0.1) is 11.8 Å². The van der Waals surface area contributed by atoms with E-state index >= 15 is 0 Å². The van der Waals surface area contributed by atoms with Crippen molar-refractivity contribution < 1.29 is 19.3 Å². The number of methoxy groups -OCH3 is 2. The second-order valence-corrected chi connectivity index (χ2v) is 8.63. The van der Waals surface area contributed by atoms with Crippen LogP contribution >= 0.6 is 11.8 Å². The van der Waals surface area contributed by atoms with Crippen molar-refractivity contribution in [2.24, 2.45) is 0 Å². The minimum atomic E-state index is -0.148. The summed E-state index contributed by atoms with van der Waals surface area (Å²) < 4.78 is 16.9. The molecule has 1 aliphatic heterocycles. The van der Waals surface area contributed by atoms with Gasteiger partial charge in [-0.3, -0.25) is 0 Å². The van der Waals surface area contributed by atoms with Gasteiger partial charge in [0.2, 0.25) is 0 Å². The Bertz CT molecular complexity index is 777. The molecule has 0 aromatic heterocycles. The third-order valence-corrected chi connectivity index (χ3v) is 7.31. The molecule has 0 amide bonds. The third-order valence-electron chi connectivity index (χ3n) is 5.94. The zero-order chi connectivity index (χ0) is 20.7. The first-order valence-corrected chi connectivity index (χ1v) is 11.5. The van der Waals surface area contributed by atoms with E-state index in [1.165, 1.54) is 11.1 Å². The van der Waals surface area contributed by atoms with Gasteiger partial charge in [0.1, 0.15) is 23.9 Å². The Labute approximate surface area is 178 Å². The van der Waals surface area contributed by atoms with Gasteiger partial charge < -0.3 is 19.3 Å². The summed E-state index contributed by atoms with van der Waals surface area (Å²) in [6, 6.07) is 14.6. The molecule has 0 radical (unpaired) electrons. The molecular formula is C24H32O4S. The third kappa shape index (κ3) is 4.67. The summed E-state index contributed by atoms with van der Waals surface area (Å²) in [5, 5.41) is 9.06. The average molecular weight is 417 g/mol. The molecule has 0 spiro atoms. The fourth-order valence-corrected chi connectivity index (χ4v) is 5.35. The van der Waals surface area contributed by atoms with Gasteiger partial charge in [0.15, 0.2) is 0 Å². The molecule has 158 valence electrons. The molecule has 0 saturated heterocycles. The largest absolute Gasteiger partial charge is 0.497 e. The Hall–Kier alpha value is -1.85.